The van der Waals surface area contributed by atoms with Crippen LogP contribution in [0, 0.1) is 0 Å². The van der Waals surface area contributed by atoms with Gasteiger partial charge >= 0.3 is 6.09 Å². The molecular formula is C13H10ClN3O2. The highest BCUT2D eigenvalue weighted by Gasteiger charge is 2.11. The van der Waals surface area contributed by atoms with Crippen molar-refractivity contribution in [1.29, 1.82) is 0 Å². The van der Waals surface area contributed by atoms with E-state index in [2.05, 4.69) is 9.97 Å². The predicted octanol–water partition coefficient (Wildman–Crippen LogP) is 2.96. The van der Waals surface area contributed by atoms with Gasteiger partial charge in [0, 0.05) is 27.6 Å². The van der Waals surface area contributed by atoms with E-state index in [9.17, 15) is 4.79 Å². The van der Waals surface area contributed by atoms with E-state index in [4.69, 9.17) is 22.1 Å². The van der Waals surface area contributed by atoms with Crippen molar-refractivity contribution in [3.05, 3.63) is 41.0 Å². The summed E-state index contributed by atoms with van der Waals surface area (Å²) in [5.74, 6) is 0. The van der Waals surface area contributed by atoms with Crippen LogP contribution in [0.1, 0.15) is 5.56 Å². The summed E-state index contributed by atoms with van der Waals surface area (Å²) in [4.78, 5) is 18.2. The molecule has 19 heavy (non-hydrogen) atoms. The van der Waals surface area contributed by atoms with Crippen molar-refractivity contribution in [2.24, 2.45) is 5.73 Å². The van der Waals surface area contributed by atoms with Crippen LogP contribution in [0.5, 0.6) is 0 Å². The minimum atomic E-state index is -0.817. The van der Waals surface area contributed by atoms with E-state index >= 15 is 0 Å². The maximum absolute atomic E-state index is 10.7. The fourth-order valence-corrected chi connectivity index (χ4v) is 2.37. The zero-order valence-corrected chi connectivity index (χ0v) is 10.6. The number of aromatic nitrogens is 2. The molecule has 5 nitrogen and oxygen atoms in total. The van der Waals surface area contributed by atoms with Crippen molar-refractivity contribution in [2.45, 2.75) is 6.61 Å². The number of benzene rings is 1. The minimum Gasteiger partial charge on any atom is -0.445 e. The van der Waals surface area contributed by atoms with Gasteiger partial charge in [-0.1, -0.05) is 11.6 Å². The van der Waals surface area contributed by atoms with Crippen LogP contribution in [0.4, 0.5) is 4.79 Å². The standard InChI is InChI=1S/C13H10ClN3O2/c14-8-4-7(6-19-13(15)18)11-10(5-8)9-2-1-3-16-12(9)17-11/h1-5H,6H2,(H2,15,18)(H,16,17). The molecule has 0 aliphatic carbocycles. The number of rotatable bonds is 2. The molecule has 3 rings (SSSR count). The lowest BCUT2D eigenvalue weighted by molar-refractivity contribution is 0.150. The van der Waals surface area contributed by atoms with Gasteiger partial charge < -0.3 is 15.5 Å². The molecule has 0 saturated heterocycles. The molecule has 0 aliphatic rings. The molecule has 6 heteroatoms. The molecule has 0 atom stereocenters. The molecule has 3 aromatic rings. The van der Waals surface area contributed by atoms with Gasteiger partial charge in [-0.15, -0.1) is 0 Å². The summed E-state index contributed by atoms with van der Waals surface area (Å²) in [6.45, 7) is 0.0687. The summed E-state index contributed by atoms with van der Waals surface area (Å²) in [5.41, 5.74) is 7.35. The molecule has 1 amide bonds. The predicted molar refractivity (Wildman–Crippen MR) is 73.0 cm³/mol. The first-order valence-corrected chi connectivity index (χ1v) is 6.00. The SMILES string of the molecule is NC(=O)OCc1cc(Cl)cc2c1[nH]c1ncccc12. The lowest BCUT2D eigenvalue weighted by Gasteiger charge is -2.04. The normalized spacial score (nSPS) is 11.0. The first-order chi connectivity index (χ1) is 9.15. The average molecular weight is 276 g/mol. The topological polar surface area (TPSA) is 81.0 Å². The number of fused-ring (bicyclic) bond motifs is 3. The van der Waals surface area contributed by atoms with Gasteiger partial charge in [-0.3, -0.25) is 0 Å². The number of nitrogens with two attached hydrogens (primary N) is 1. The first-order valence-electron chi connectivity index (χ1n) is 5.62. The van der Waals surface area contributed by atoms with Crippen LogP contribution in [-0.4, -0.2) is 16.1 Å². The van der Waals surface area contributed by atoms with Crippen molar-refractivity contribution in [2.75, 3.05) is 0 Å². The van der Waals surface area contributed by atoms with E-state index < -0.39 is 6.09 Å². The molecular weight excluding hydrogens is 266 g/mol. The second-order valence-electron chi connectivity index (χ2n) is 4.12. The summed E-state index contributed by atoms with van der Waals surface area (Å²) in [6, 6.07) is 7.40. The van der Waals surface area contributed by atoms with E-state index in [0.29, 0.717) is 5.02 Å². The third kappa shape index (κ3) is 2.08. The smallest absolute Gasteiger partial charge is 0.404 e. The fourth-order valence-electron chi connectivity index (χ4n) is 2.13. The van der Waals surface area contributed by atoms with Gasteiger partial charge in [0.1, 0.15) is 12.3 Å². The van der Waals surface area contributed by atoms with E-state index in [1.807, 2.05) is 18.2 Å². The lowest BCUT2D eigenvalue weighted by Crippen LogP contribution is -2.12. The van der Waals surface area contributed by atoms with Crippen molar-refractivity contribution < 1.29 is 9.53 Å². The van der Waals surface area contributed by atoms with Gasteiger partial charge in [-0.2, -0.15) is 0 Å². The number of aromatic amines is 1. The van der Waals surface area contributed by atoms with Crippen LogP contribution in [-0.2, 0) is 11.3 Å². The second-order valence-corrected chi connectivity index (χ2v) is 4.56. The number of nitrogens with zero attached hydrogens (tertiary/aromatic N) is 1. The van der Waals surface area contributed by atoms with Crippen LogP contribution in [0.15, 0.2) is 30.5 Å². The zero-order chi connectivity index (χ0) is 13.4. The van der Waals surface area contributed by atoms with Gasteiger partial charge in [0.05, 0.1) is 5.52 Å². The maximum atomic E-state index is 10.7. The van der Waals surface area contributed by atoms with E-state index in [1.165, 1.54) is 0 Å². The Morgan fingerprint density at radius 3 is 3.05 bits per heavy atom. The number of pyridine rings is 1. The van der Waals surface area contributed by atoms with Crippen molar-refractivity contribution in [3.63, 3.8) is 0 Å². The highest BCUT2D eigenvalue weighted by molar-refractivity contribution is 6.32. The van der Waals surface area contributed by atoms with Crippen LogP contribution in [0.3, 0.4) is 0 Å². The van der Waals surface area contributed by atoms with Crippen molar-refractivity contribution in [1.82, 2.24) is 9.97 Å². The van der Waals surface area contributed by atoms with Gasteiger partial charge in [-0.05, 0) is 24.3 Å². The molecule has 2 aromatic heterocycles. The van der Waals surface area contributed by atoms with E-state index in [1.54, 1.807) is 12.3 Å². The number of carbonyl (C=O) groups excluding carboxylic acids is 1. The largest absolute Gasteiger partial charge is 0.445 e. The molecule has 0 bridgehead atoms. The number of hydrogen-bond donors (Lipinski definition) is 2. The first kappa shape index (κ1) is 11.8. The Bertz CT molecular complexity index is 782. The number of amides is 1. The van der Waals surface area contributed by atoms with Gasteiger partial charge in [-0.25, -0.2) is 9.78 Å². The highest BCUT2D eigenvalue weighted by Crippen LogP contribution is 2.30. The van der Waals surface area contributed by atoms with Crippen molar-refractivity contribution in [3.8, 4) is 0 Å². The van der Waals surface area contributed by atoms with Crippen LogP contribution < -0.4 is 5.73 Å². The molecule has 96 valence electrons. The number of carbonyl (C=O) groups is 1. The highest BCUT2D eigenvalue weighted by atomic mass is 35.5. The third-order valence-corrected chi connectivity index (χ3v) is 3.11. The molecule has 0 unspecified atom stereocenters. The Labute approximate surface area is 113 Å². The van der Waals surface area contributed by atoms with Crippen LogP contribution >= 0.6 is 11.6 Å². The Kier molecular flexibility index (Phi) is 2.76. The Hall–Kier alpha value is -2.27. The number of halogens is 1. The number of nitrogens with one attached hydrogen (secondary N) is 1. The van der Waals surface area contributed by atoms with Crippen LogP contribution in [0.2, 0.25) is 5.02 Å². The molecule has 0 spiro atoms. The van der Waals surface area contributed by atoms with Gasteiger partial charge in [0.15, 0.2) is 0 Å². The second kappa shape index (κ2) is 4.44. The van der Waals surface area contributed by atoms with E-state index in [0.717, 1.165) is 27.5 Å². The summed E-state index contributed by atoms with van der Waals surface area (Å²) < 4.78 is 4.83. The molecule has 2 heterocycles. The van der Waals surface area contributed by atoms with Crippen LogP contribution in [0.25, 0.3) is 21.9 Å². The Balaban J connectivity index is 2.23. The Morgan fingerprint density at radius 2 is 2.26 bits per heavy atom. The number of ether oxygens (including phenoxy) is 1. The molecule has 1 aromatic carbocycles. The monoisotopic (exact) mass is 275 g/mol. The molecule has 0 saturated carbocycles. The number of primary amides is 1. The summed E-state index contributed by atoms with van der Waals surface area (Å²) in [6.07, 6.45) is 0.890. The Morgan fingerprint density at radius 1 is 1.42 bits per heavy atom. The number of H-pyrrole nitrogens is 1. The lowest BCUT2D eigenvalue weighted by atomic mass is 10.1. The van der Waals surface area contributed by atoms with Gasteiger partial charge in [0.2, 0.25) is 0 Å². The number of hydrogen-bond acceptors (Lipinski definition) is 3. The summed E-state index contributed by atoms with van der Waals surface area (Å²) >= 11 is 6.09. The molecule has 0 fully saturated rings. The molecule has 0 radical (unpaired) electrons. The molecule has 3 N–H and O–H groups in total. The summed E-state index contributed by atoms with van der Waals surface area (Å²) in [7, 11) is 0. The fraction of sp³-hybridized carbons (Fsp3) is 0.0769. The minimum absolute atomic E-state index is 0.0687. The summed E-state index contributed by atoms with van der Waals surface area (Å²) in [5, 5.41) is 2.49. The average Bonchev–Trinajstić information content (AvgIpc) is 2.75. The van der Waals surface area contributed by atoms with Gasteiger partial charge in [0.25, 0.3) is 0 Å². The molecule has 0 aliphatic heterocycles. The van der Waals surface area contributed by atoms with Crippen molar-refractivity contribution >= 4 is 39.6 Å². The zero-order valence-electron chi connectivity index (χ0n) is 9.81. The maximum Gasteiger partial charge on any atom is 0.404 e. The third-order valence-electron chi connectivity index (χ3n) is 2.90. The van der Waals surface area contributed by atoms with E-state index in [-0.39, 0.29) is 6.61 Å². The quantitative estimate of drug-likeness (QED) is 0.754.